The van der Waals surface area contributed by atoms with Crippen LogP contribution in [-0.4, -0.2) is 85.1 Å². The summed E-state index contributed by atoms with van der Waals surface area (Å²) in [5, 5.41) is 12.8. The summed E-state index contributed by atoms with van der Waals surface area (Å²) < 4.78 is 16.6. The standard InChI is InChI=1S/C35H43N3O7/c1-5-44-33(45-6-2)23-38(21-25-15-17-26(43-4)18-16-25)34(40)24(3)36-32(39)19-20-37(35(41)42)22-31-29-13-9-7-11-27(29)28-12-8-10-14-30(28)31/h7-18,24,31,33H,5-6,19-23H2,1-4H3,(H,36,39)(H,41,42). The van der Waals surface area contributed by atoms with E-state index in [1.165, 1.54) is 4.90 Å². The van der Waals surface area contributed by atoms with Gasteiger partial charge in [0.1, 0.15) is 11.8 Å². The molecule has 0 fully saturated rings. The van der Waals surface area contributed by atoms with E-state index in [1.54, 1.807) is 18.9 Å². The molecule has 1 aliphatic rings. The average Bonchev–Trinajstić information content (AvgIpc) is 3.36. The first-order valence-electron chi connectivity index (χ1n) is 15.4. The van der Waals surface area contributed by atoms with Crippen molar-refractivity contribution in [3.8, 4) is 16.9 Å². The Kier molecular flexibility index (Phi) is 11.9. The smallest absolute Gasteiger partial charge is 0.407 e. The van der Waals surface area contributed by atoms with Gasteiger partial charge in [-0.15, -0.1) is 0 Å². The quantitative estimate of drug-likeness (QED) is 0.215. The maximum absolute atomic E-state index is 13.6. The van der Waals surface area contributed by atoms with E-state index in [2.05, 4.69) is 5.32 Å². The monoisotopic (exact) mass is 617 g/mol. The van der Waals surface area contributed by atoms with Crippen LogP contribution in [0.2, 0.25) is 0 Å². The zero-order chi connectivity index (χ0) is 32.3. The molecule has 1 aliphatic carbocycles. The molecule has 0 radical (unpaired) electrons. The summed E-state index contributed by atoms with van der Waals surface area (Å²) in [6, 6.07) is 22.6. The van der Waals surface area contributed by atoms with E-state index >= 15 is 0 Å². The Balaban J connectivity index is 1.40. The summed E-state index contributed by atoms with van der Waals surface area (Å²) in [4.78, 5) is 41.8. The second-order valence-electron chi connectivity index (χ2n) is 10.9. The van der Waals surface area contributed by atoms with Crippen LogP contribution in [-0.2, 0) is 25.6 Å². The highest BCUT2D eigenvalue weighted by molar-refractivity contribution is 5.87. The van der Waals surface area contributed by atoms with Crippen molar-refractivity contribution in [3.05, 3.63) is 89.5 Å². The fourth-order valence-corrected chi connectivity index (χ4v) is 5.72. The van der Waals surface area contributed by atoms with E-state index in [0.29, 0.717) is 19.0 Å². The molecule has 45 heavy (non-hydrogen) atoms. The van der Waals surface area contributed by atoms with Crippen LogP contribution in [0.5, 0.6) is 5.75 Å². The van der Waals surface area contributed by atoms with E-state index in [4.69, 9.17) is 14.2 Å². The number of amides is 3. The Morgan fingerprint density at radius 2 is 1.44 bits per heavy atom. The number of carbonyl (C=O) groups excluding carboxylic acids is 2. The summed E-state index contributed by atoms with van der Waals surface area (Å²) in [6.07, 6.45) is -1.81. The molecule has 3 amide bonds. The van der Waals surface area contributed by atoms with E-state index in [-0.39, 0.29) is 44.4 Å². The molecule has 4 rings (SSSR count). The third-order valence-corrected chi connectivity index (χ3v) is 7.91. The van der Waals surface area contributed by atoms with Gasteiger partial charge in [-0.2, -0.15) is 0 Å². The van der Waals surface area contributed by atoms with E-state index in [9.17, 15) is 19.5 Å². The maximum Gasteiger partial charge on any atom is 0.407 e. The lowest BCUT2D eigenvalue weighted by molar-refractivity contribution is -0.161. The highest BCUT2D eigenvalue weighted by atomic mass is 16.7. The molecule has 0 aromatic heterocycles. The van der Waals surface area contributed by atoms with Gasteiger partial charge in [-0.3, -0.25) is 9.59 Å². The molecule has 1 atom stereocenters. The molecule has 0 spiro atoms. The van der Waals surface area contributed by atoms with Crippen LogP contribution in [0.1, 0.15) is 49.8 Å². The van der Waals surface area contributed by atoms with Gasteiger partial charge in [-0.05, 0) is 60.7 Å². The minimum Gasteiger partial charge on any atom is -0.497 e. The number of hydrogen-bond acceptors (Lipinski definition) is 6. The van der Waals surface area contributed by atoms with Crippen molar-refractivity contribution in [1.82, 2.24) is 15.1 Å². The number of carboxylic acid groups (broad SMARTS) is 1. The number of ether oxygens (including phenoxy) is 3. The lowest BCUT2D eigenvalue weighted by atomic mass is 9.96. The first-order chi connectivity index (χ1) is 21.7. The van der Waals surface area contributed by atoms with Crippen LogP contribution in [0, 0.1) is 0 Å². The van der Waals surface area contributed by atoms with Crippen molar-refractivity contribution in [2.75, 3.05) is 40.0 Å². The Labute approximate surface area is 264 Å². The van der Waals surface area contributed by atoms with E-state index in [0.717, 1.165) is 27.8 Å². The van der Waals surface area contributed by atoms with Crippen LogP contribution in [0.15, 0.2) is 72.8 Å². The minimum atomic E-state index is -1.10. The fourth-order valence-electron chi connectivity index (χ4n) is 5.72. The second-order valence-corrected chi connectivity index (χ2v) is 10.9. The molecule has 0 saturated heterocycles. The zero-order valence-corrected chi connectivity index (χ0v) is 26.4. The largest absolute Gasteiger partial charge is 0.497 e. The summed E-state index contributed by atoms with van der Waals surface area (Å²) in [7, 11) is 1.59. The van der Waals surface area contributed by atoms with Crippen molar-refractivity contribution >= 4 is 17.9 Å². The minimum absolute atomic E-state index is 0.00473. The maximum atomic E-state index is 13.6. The molecule has 10 heteroatoms. The fraction of sp³-hybridized carbons (Fsp3) is 0.400. The van der Waals surface area contributed by atoms with Crippen LogP contribution in [0.3, 0.4) is 0 Å². The number of carbonyl (C=O) groups is 3. The van der Waals surface area contributed by atoms with Gasteiger partial charge in [-0.25, -0.2) is 4.79 Å². The van der Waals surface area contributed by atoms with Crippen LogP contribution in [0.25, 0.3) is 11.1 Å². The zero-order valence-electron chi connectivity index (χ0n) is 26.4. The van der Waals surface area contributed by atoms with Crippen molar-refractivity contribution in [1.29, 1.82) is 0 Å². The molecule has 1 unspecified atom stereocenters. The van der Waals surface area contributed by atoms with Gasteiger partial charge < -0.3 is 34.4 Å². The summed E-state index contributed by atoms with van der Waals surface area (Å²) in [6.45, 7) is 6.83. The molecular weight excluding hydrogens is 574 g/mol. The lowest BCUT2D eigenvalue weighted by Crippen LogP contribution is -2.49. The molecule has 240 valence electrons. The number of rotatable bonds is 16. The van der Waals surface area contributed by atoms with Crippen LogP contribution < -0.4 is 10.1 Å². The third kappa shape index (κ3) is 8.61. The van der Waals surface area contributed by atoms with E-state index in [1.807, 2.05) is 86.6 Å². The summed E-state index contributed by atoms with van der Waals surface area (Å²) in [5.41, 5.74) is 5.22. The van der Waals surface area contributed by atoms with Gasteiger partial charge in [0, 0.05) is 45.2 Å². The average molecular weight is 618 g/mol. The molecule has 3 aromatic rings. The Morgan fingerprint density at radius 3 is 1.98 bits per heavy atom. The van der Waals surface area contributed by atoms with Crippen LogP contribution >= 0.6 is 0 Å². The number of benzene rings is 3. The highest BCUT2D eigenvalue weighted by Crippen LogP contribution is 2.44. The Bertz CT molecular complexity index is 1390. The number of methoxy groups -OCH3 is 1. The van der Waals surface area contributed by atoms with Crippen molar-refractivity contribution in [2.24, 2.45) is 0 Å². The summed E-state index contributed by atoms with van der Waals surface area (Å²) >= 11 is 0. The van der Waals surface area contributed by atoms with Crippen LogP contribution in [0.4, 0.5) is 4.79 Å². The molecule has 0 bridgehead atoms. The lowest BCUT2D eigenvalue weighted by Gasteiger charge is -2.30. The molecule has 0 aliphatic heterocycles. The molecule has 3 aromatic carbocycles. The number of nitrogens with zero attached hydrogens (tertiary/aromatic N) is 2. The second kappa shape index (κ2) is 16.1. The predicted molar refractivity (Wildman–Crippen MR) is 171 cm³/mol. The Morgan fingerprint density at radius 1 is 0.867 bits per heavy atom. The van der Waals surface area contributed by atoms with Crippen molar-refractivity contribution in [2.45, 2.75) is 52.0 Å². The highest BCUT2D eigenvalue weighted by Gasteiger charge is 2.31. The first-order valence-corrected chi connectivity index (χ1v) is 15.4. The van der Waals surface area contributed by atoms with Gasteiger partial charge in [-0.1, -0.05) is 60.7 Å². The van der Waals surface area contributed by atoms with Gasteiger partial charge in [0.05, 0.1) is 13.7 Å². The number of hydrogen-bond donors (Lipinski definition) is 2. The topological polar surface area (TPSA) is 118 Å². The van der Waals surface area contributed by atoms with Gasteiger partial charge in [0.15, 0.2) is 6.29 Å². The number of nitrogens with one attached hydrogen (secondary N) is 1. The molecule has 2 N–H and O–H groups in total. The first kappa shape index (κ1) is 33.5. The normalized spacial score (nSPS) is 12.7. The van der Waals surface area contributed by atoms with Crippen molar-refractivity contribution < 1.29 is 33.7 Å². The van der Waals surface area contributed by atoms with Gasteiger partial charge in [0.25, 0.3) is 0 Å². The SMILES string of the molecule is CCOC(CN(Cc1ccc(OC)cc1)C(=O)C(C)NC(=O)CCN(CC1c2ccccc2-c2ccccc21)C(=O)O)OCC. The molecule has 0 heterocycles. The van der Waals surface area contributed by atoms with Gasteiger partial charge >= 0.3 is 6.09 Å². The van der Waals surface area contributed by atoms with Gasteiger partial charge in [0.2, 0.25) is 11.8 Å². The predicted octanol–water partition coefficient (Wildman–Crippen LogP) is 5.11. The summed E-state index contributed by atoms with van der Waals surface area (Å²) in [5.74, 6) is -0.148. The van der Waals surface area contributed by atoms with Crippen molar-refractivity contribution in [3.63, 3.8) is 0 Å². The Hall–Kier alpha value is -4.41. The third-order valence-electron chi connectivity index (χ3n) is 7.91. The molecule has 10 nitrogen and oxygen atoms in total. The number of fused-ring (bicyclic) bond motifs is 3. The van der Waals surface area contributed by atoms with E-state index < -0.39 is 24.3 Å². The molecular formula is C35H43N3O7. The molecule has 0 saturated carbocycles.